The number of hydrogen-bond donors (Lipinski definition) is 1. The van der Waals surface area contributed by atoms with Crippen molar-refractivity contribution in [3.05, 3.63) is 54.0 Å². The molecule has 0 spiro atoms. The van der Waals surface area contributed by atoms with Gasteiger partial charge in [-0.25, -0.2) is 4.98 Å². The number of benzene rings is 1. The Morgan fingerprint density at radius 2 is 1.81 bits per heavy atom. The number of nitrogens with zero attached hydrogens (tertiary/aromatic N) is 4. The van der Waals surface area contributed by atoms with E-state index in [1.807, 2.05) is 0 Å². The van der Waals surface area contributed by atoms with E-state index in [9.17, 15) is 4.79 Å². The summed E-state index contributed by atoms with van der Waals surface area (Å²) >= 11 is 0. The molecule has 2 aromatic rings. The third kappa shape index (κ3) is 6.03. The van der Waals surface area contributed by atoms with Crippen LogP contribution in [0.2, 0.25) is 0 Å². The highest BCUT2D eigenvalue weighted by Crippen LogP contribution is 2.23. The van der Waals surface area contributed by atoms with Crippen LogP contribution in [0.15, 0.2) is 42.9 Å². The summed E-state index contributed by atoms with van der Waals surface area (Å²) in [5.41, 5.74) is 2.50. The van der Waals surface area contributed by atoms with Gasteiger partial charge in [-0.15, -0.1) is 0 Å². The minimum Gasteiger partial charge on any atom is -0.355 e. The van der Waals surface area contributed by atoms with Crippen molar-refractivity contribution in [3.8, 4) is 0 Å². The summed E-state index contributed by atoms with van der Waals surface area (Å²) < 4.78 is 0. The molecule has 1 amide bonds. The van der Waals surface area contributed by atoms with Crippen LogP contribution in [-0.2, 0) is 17.9 Å². The van der Waals surface area contributed by atoms with E-state index >= 15 is 0 Å². The molecule has 1 N–H and O–H groups in total. The second kappa shape index (κ2) is 10.2. The SMILES string of the molecule is CC1CC(C)CN(Cc2ccc(CNC(=O)C3CCCN(c4cnccn4)C3)cc2)C1. The summed E-state index contributed by atoms with van der Waals surface area (Å²) in [5, 5.41) is 3.14. The van der Waals surface area contributed by atoms with Gasteiger partial charge in [0.1, 0.15) is 5.82 Å². The molecule has 1 aromatic carbocycles. The lowest BCUT2D eigenvalue weighted by molar-refractivity contribution is -0.125. The highest BCUT2D eigenvalue weighted by atomic mass is 16.1. The van der Waals surface area contributed by atoms with Gasteiger partial charge in [-0.05, 0) is 42.2 Å². The van der Waals surface area contributed by atoms with E-state index in [-0.39, 0.29) is 11.8 Å². The number of rotatable bonds is 6. The van der Waals surface area contributed by atoms with Crippen LogP contribution in [0.3, 0.4) is 0 Å². The van der Waals surface area contributed by atoms with Gasteiger partial charge >= 0.3 is 0 Å². The number of carbonyl (C=O) groups is 1. The van der Waals surface area contributed by atoms with E-state index in [1.54, 1.807) is 18.6 Å². The van der Waals surface area contributed by atoms with Crippen LogP contribution in [0.25, 0.3) is 0 Å². The van der Waals surface area contributed by atoms with E-state index in [4.69, 9.17) is 0 Å². The zero-order chi connectivity index (χ0) is 21.6. The molecule has 3 unspecified atom stereocenters. The van der Waals surface area contributed by atoms with Crippen molar-refractivity contribution < 1.29 is 4.79 Å². The number of aromatic nitrogens is 2. The molecule has 166 valence electrons. The lowest BCUT2D eigenvalue weighted by Gasteiger charge is -2.35. The van der Waals surface area contributed by atoms with Gasteiger partial charge in [-0.2, -0.15) is 0 Å². The fraction of sp³-hybridized carbons (Fsp3) is 0.560. The van der Waals surface area contributed by atoms with Gasteiger partial charge in [0, 0.05) is 51.7 Å². The molecule has 0 aliphatic carbocycles. The standard InChI is InChI=1S/C25H35N5O/c1-19-12-20(2)16-29(15-19)17-22-7-5-21(6-8-22)13-28-25(31)23-4-3-11-30(18-23)24-14-26-9-10-27-24/h5-10,14,19-20,23H,3-4,11-13,15-18H2,1-2H3,(H,28,31). The predicted octanol–water partition coefficient (Wildman–Crippen LogP) is 3.49. The molecule has 3 atom stereocenters. The number of amides is 1. The van der Waals surface area contributed by atoms with E-state index in [2.05, 4.69) is 63.2 Å². The lowest BCUT2D eigenvalue weighted by Crippen LogP contribution is -2.43. The van der Waals surface area contributed by atoms with Gasteiger partial charge in [0.15, 0.2) is 0 Å². The van der Waals surface area contributed by atoms with Gasteiger partial charge in [0.2, 0.25) is 5.91 Å². The maximum atomic E-state index is 12.8. The number of anilines is 1. The largest absolute Gasteiger partial charge is 0.355 e. The number of carbonyl (C=O) groups excluding carboxylic acids is 1. The average molecular weight is 422 g/mol. The molecule has 31 heavy (non-hydrogen) atoms. The van der Waals surface area contributed by atoms with Crippen LogP contribution in [0.5, 0.6) is 0 Å². The second-order valence-electron chi connectivity index (χ2n) is 9.52. The third-order valence-electron chi connectivity index (χ3n) is 6.51. The van der Waals surface area contributed by atoms with Gasteiger partial charge in [0.25, 0.3) is 0 Å². The molecule has 3 heterocycles. The zero-order valence-corrected chi connectivity index (χ0v) is 18.8. The molecule has 0 saturated carbocycles. The van der Waals surface area contributed by atoms with E-state index in [1.165, 1.54) is 25.1 Å². The van der Waals surface area contributed by atoms with E-state index < -0.39 is 0 Å². The molecule has 2 fully saturated rings. The predicted molar refractivity (Wildman–Crippen MR) is 123 cm³/mol. The number of nitrogens with one attached hydrogen (secondary N) is 1. The molecule has 0 radical (unpaired) electrons. The van der Waals surface area contributed by atoms with E-state index in [0.717, 1.165) is 49.1 Å². The van der Waals surface area contributed by atoms with Crippen molar-refractivity contribution in [2.24, 2.45) is 17.8 Å². The minimum absolute atomic E-state index is 0.00175. The Kier molecular flexibility index (Phi) is 7.17. The molecule has 0 bridgehead atoms. The van der Waals surface area contributed by atoms with Crippen LogP contribution in [0.1, 0.15) is 44.2 Å². The second-order valence-corrected chi connectivity index (χ2v) is 9.52. The van der Waals surface area contributed by atoms with Gasteiger partial charge < -0.3 is 10.2 Å². The summed E-state index contributed by atoms with van der Waals surface area (Å²) in [7, 11) is 0. The first-order chi connectivity index (χ1) is 15.1. The normalized spacial score (nSPS) is 24.7. The Morgan fingerprint density at radius 3 is 2.52 bits per heavy atom. The van der Waals surface area contributed by atoms with Crippen molar-refractivity contribution in [3.63, 3.8) is 0 Å². The Balaban J connectivity index is 1.25. The quantitative estimate of drug-likeness (QED) is 0.774. The van der Waals surface area contributed by atoms with Gasteiger partial charge in [-0.1, -0.05) is 38.1 Å². The summed E-state index contributed by atoms with van der Waals surface area (Å²) in [4.78, 5) is 26.0. The third-order valence-corrected chi connectivity index (χ3v) is 6.51. The van der Waals surface area contributed by atoms with E-state index in [0.29, 0.717) is 13.1 Å². The van der Waals surface area contributed by atoms with Gasteiger partial charge in [-0.3, -0.25) is 14.7 Å². The Hall–Kier alpha value is -2.47. The van der Waals surface area contributed by atoms with Crippen LogP contribution >= 0.6 is 0 Å². The maximum Gasteiger partial charge on any atom is 0.225 e. The van der Waals surface area contributed by atoms with Crippen molar-refractivity contribution in [1.29, 1.82) is 0 Å². The van der Waals surface area contributed by atoms with Crippen LogP contribution in [0.4, 0.5) is 5.82 Å². The molecular formula is C25H35N5O. The fourth-order valence-corrected chi connectivity index (χ4v) is 5.13. The van der Waals surface area contributed by atoms with Gasteiger partial charge in [0.05, 0.1) is 12.1 Å². The molecule has 1 aromatic heterocycles. The van der Waals surface area contributed by atoms with Crippen molar-refractivity contribution in [1.82, 2.24) is 20.2 Å². The number of likely N-dealkylation sites (tertiary alicyclic amines) is 1. The highest BCUT2D eigenvalue weighted by molar-refractivity contribution is 5.79. The highest BCUT2D eigenvalue weighted by Gasteiger charge is 2.26. The fourth-order valence-electron chi connectivity index (χ4n) is 5.13. The Bertz CT molecular complexity index is 831. The Labute approximate surface area is 186 Å². The van der Waals surface area contributed by atoms with Crippen LogP contribution < -0.4 is 10.2 Å². The first kappa shape index (κ1) is 21.8. The molecule has 6 nitrogen and oxygen atoms in total. The number of piperidine rings is 2. The molecule has 6 heteroatoms. The molecule has 2 saturated heterocycles. The molecule has 2 aliphatic heterocycles. The maximum absolute atomic E-state index is 12.8. The first-order valence-corrected chi connectivity index (χ1v) is 11.7. The molecular weight excluding hydrogens is 386 g/mol. The van der Waals surface area contributed by atoms with Crippen molar-refractivity contribution in [2.75, 3.05) is 31.1 Å². The number of hydrogen-bond acceptors (Lipinski definition) is 5. The van der Waals surface area contributed by atoms with Crippen LogP contribution in [-0.4, -0.2) is 47.0 Å². The smallest absolute Gasteiger partial charge is 0.225 e. The summed E-state index contributed by atoms with van der Waals surface area (Å²) in [5.74, 6) is 2.55. The Morgan fingerprint density at radius 1 is 1.06 bits per heavy atom. The topological polar surface area (TPSA) is 61.4 Å². The average Bonchev–Trinajstić information content (AvgIpc) is 2.78. The van der Waals surface area contributed by atoms with Crippen LogP contribution in [0, 0.1) is 17.8 Å². The van der Waals surface area contributed by atoms with Crippen molar-refractivity contribution >= 4 is 11.7 Å². The summed E-state index contributed by atoms with van der Waals surface area (Å²) in [6.07, 6.45) is 8.41. The first-order valence-electron chi connectivity index (χ1n) is 11.7. The zero-order valence-electron chi connectivity index (χ0n) is 18.8. The lowest BCUT2D eigenvalue weighted by atomic mass is 9.91. The summed E-state index contributed by atoms with van der Waals surface area (Å²) in [6, 6.07) is 8.72. The molecule has 2 aliphatic rings. The molecule has 4 rings (SSSR count). The monoisotopic (exact) mass is 421 g/mol. The van der Waals surface area contributed by atoms with Crippen molar-refractivity contribution in [2.45, 2.75) is 46.2 Å². The minimum atomic E-state index is -0.00175. The summed E-state index contributed by atoms with van der Waals surface area (Å²) in [6.45, 7) is 10.3.